The summed E-state index contributed by atoms with van der Waals surface area (Å²) in [5.41, 5.74) is 1.88. The summed E-state index contributed by atoms with van der Waals surface area (Å²) in [6.07, 6.45) is 8.05. The molecule has 0 radical (unpaired) electrons. The first-order valence-corrected chi connectivity index (χ1v) is 10.1. The van der Waals surface area contributed by atoms with Crippen molar-refractivity contribution < 1.29 is 14.3 Å². The lowest BCUT2D eigenvalue weighted by Gasteiger charge is -2.22. The van der Waals surface area contributed by atoms with Gasteiger partial charge in [0, 0.05) is 35.4 Å². The van der Waals surface area contributed by atoms with Crippen molar-refractivity contribution in [3.8, 4) is 0 Å². The van der Waals surface area contributed by atoms with Gasteiger partial charge in [-0.2, -0.15) is 0 Å². The highest BCUT2D eigenvalue weighted by Gasteiger charge is 2.10. The number of nitrogens with one attached hydrogen (secondary N) is 1. The molecule has 1 aliphatic rings. The molecule has 1 aliphatic heterocycles. The maximum Gasteiger partial charge on any atom is 0.331 e. The Morgan fingerprint density at radius 3 is 2.48 bits per heavy atom. The second kappa shape index (κ2) is 9.92. The van der Waals surface area contributed by atoms with Crippen LogP contribution in [-0.2, 0) is 14.3 Å². The van der Waals surface area contributed by atoms with Gasteiger partial charge in [0.2, 0.25) is 0 Å². The number of rotatable bonds is 6. The standard InChI is InChI=1S/C21H24N2O3S/c24-20(16-26-21(25)12-11-19-6-5-15-27-19)22-17-7-9-18(10-8-17)23-13-3-1-2-4-14-23/h5-12,15H,1-4,13-14,16H2,(H,22,24)/b12-11+. The van der Waals surface area contributed by atoms with Crippen LogP contribution in [0.25, 0.3) is 6.08 Å². The molecule has 1 aromatic heterocycles. The predicted octanol–water partition coefficient (Wildman–Crippen LogP) is 4.32. The van der Waals surface area contributed by atoms with E-state index < -0.39 is 5.97 Å². The van der Waals surface area contributed by atoms with E-state index >= 15 is 0 Å². The third-order valence-electron chi connectivity index (χ3n) is 4.39. The van der Waals surface area contributed by atoms with E-state index in [0.717, 1.165) is 18.0 Å². The molecule has 2 aromatic rings. The molecule has 3 rings (SSSR count). The van der Waals surface area contributed by atoms with Crippen molar-refractivity contribution in [3.05, 3.63) is 52.7 Å². The van der Waals surface area contributed by atoms with Crippen LogP contribution in [-0.4, -0.2) is 31.6 Å². The smallest absolute Gasteiger partial charge is 0.331 e. The predicted molar refractivity (Wildman–Crippen MR) is 110 cm³/mol. The van der Waals surface area contributed by atoms with Crippen LogP contribution in [0.4, 0.5) is 11.4 Å². The van der Waals surface area contributed by atoms with Crippen LogP contribution in [0.1, 0.15) is 30.6 Å². The van der Waals surface area contributed by atoms with Crippen molar-refractivity contribution in [2.45, 2.75) is 25.7 Å². The summed E-state index contributed by atoms with van der Waals surface area (Å²) in [4.78, 5) is 27.0. The maximum absolute atomic E-state index is 12.0. The van der Waals surface area contributed by atoms with Gasteiger partial charge >= 0.3 is 5.97 Å². The number of carbonyl (C=O) groups is 2. The Bertz CT molecular complexity index is 761. The number of benzene rings is 1. The average Bonchev–Trinajstić information content (AvgIpc) is 3.06. The number of hydrogen-bond acceptors (Lipinski definition) is 5. The molecule has 0 atom stereocenters. The zero-order valence-electron chi connectivity index (χ0n) is 15.2. The lowest BCUT2D eigenvalue weighted by Crippen LogP contribution is -2.24. The fraction of sp³-hybridized carbons (Fsp3) is 0.333. The summed E-state index contributed by atoms with van der Waals surface area (Å²) in [7, 11) is 0. The Morgan fingerprint density at radius 2 is 1.81 bits per heavy atom. The first kappa shape index (κ1) is 19.2. The first-order valence-electron chi connectivity index (χ1n) is 9.24. The van der Waals surface area contributed by atoms with Gasteiger partial charge in [-0.15, -0.1) is 11.3 Å². The number of thiophene rings is 1. The number of anilines is 2. The maximum atomic E-state index is 12.0. The monoisotopic (exact) mass is 384 g/mol. The molecule has 6 heteroatoms. The summed E-state index contributed by atoms with van der Waals surface area (Å²) in [6.45, 7) is 1.86. The van der Waals surface area contributed by atoms with E-state index in [1.165, 1.54) is 48.8 Å². The number of amides is 1. The van der Waals surface area contributed by atoms with Gasteiger partial charge in [0.15, 0.2) is 6.61 Å². The van der Waals surface area contributed by atoms with E-state index in [0.29, 0.717) is 5.69 Å². The van der Waals surface area contributed by atoms with Gasteiger partial charge in [0.1, 0.15) is 0 Å². The van der Waals surface area contributed by atoms with Crippen molar-refractivity contribution in [1.82, 2.24) is 0 Å². The van der Waals surface area contributed by atoms with E-state index in [9.17, 15) is 9.59 Å². The summed E-state index contributed by atoms with van der Waals surface area (Å²) < 4.78 is 4.97. The molecule has 0 spiro atoms. The lowest BCUT2D eigenvalue weighted by molar-refractivity contribution is -0.142. The molecule has 1 fully saturated rings. The molecule has 27 heavy (non-hydrogen) atoms. The van der Waals surface area contributed by atoms with Crippen molar-refractivity contribution in [2.75, 3.05) is 29.9 Å². The molecule has 1 aromatic carbocycles. The minimum atomic E-state index is -0.532. The lowest BCUT2D eigenvalue weighted by atomic mass is 10.2. The van der Waals surface area contributed by atoms with E-state index in [4.69, 9.17) is 4.74 Å². The van der Waals surface area contributed by atoms with Crippen LogP contribution in [0.5, 0.6) is 0 Å². The highest BCUT2D eigenvalue weighted by molar-refractivity contribution is 7.10. The molecular formula is C21H24N2O3S. The highest BCUT2D eigenvalue weighted by atomic mass is 32.1. The normalized spacial score (nSPS) is 14.7. The third kappa shape index (κ3) is 6.25. The topological polar surface area (TPSA) is 58.6 Å². The second-order valence-electron chi connectivity index (χ2n) is 6.45. The van der Waals surface area contributed by atoms with Crippen molar-refractivity contribution in [1.29, 1.82) is 0 Å². The quantitative estimate of drug-likeness (QED) is 0.595. The fourth-order valence-electron chi connectivity index (χ4n) is 3.00. The summed E-state index contributed by atoms with van der Waals surface area (Å²) in [5.74, 6) is -0.884. The van der Waals surface area contributed by atoms with E-state index in [1.54, 1.807) is 6.08 Å². The molecular weight excluding hydrogens is 360 g/mol. The largest absolute Gasteiger partial charge is 0.452 e. The Balaban J connectivity index is 1.44. The molecule has 2 heterocycles. The molecule has 142 valence electrons. The summed E-state index contributed by atoms with van der Waals surface area (Å²) >= 11 is 1.53. The van der Waals surface area contributed by atoms with Crippen molar-refractivity contribution >= 4 is 40.7 Å². The van der Waals surface area contributed by atoms with E-state index in [2.05, 4.69) is 10.2 Å². The van der Waals surface area contributed by atoms with Gasteiger partial charge in [-0.05, 0) is 54.6 Å². The van der Waals surface area contributed by atoms with Gasteiger partial charge in [0.05, 0.1) is 0 Å². The van der Waals surface area contributed by atoms with E-state index in [1.807, 2.05) is 41.8 Å². The molecule has 1 saturated heterocycles. The molecule has 1 amide bonds. The van der Waals surface area contributed by atoms with Crippen LogP contribution >= 0.6 is 11.3 Å². The number of carbonyl (C=O) groups excluding carboxylic acids is 2. The zero-order valence-corrected chi connectivity index (χ0v) is 16.0. The average molecular weight is 385 g/mol. The summed E-state index contributed by atoms with van der Waals surface area (Å²) in [6, 6.07) is 11.6. The van der Waals surface area contributed by atoms with Crippen LogP contribution in [0.2, 0.25) is 0 Å². The molecule has 0 aliphatic carbocycles. The van der Waals surface area contributed by atoms with Gasteiger partial charge in [-0.25, -0.2) is 4.79 Å². The van der Waals surface area contributed by atoms with Gasteiger partial charge < -0.3 is 15.0 Å². The molecule has 0 saturated carbocycles. The van der Waals surface area contributed by atoms with Gasteiger partial charge in [-0.3, -0.25) is 4.79 Å². The van der Waals surface area contributed by atoms with Crippen LogP contribution in [0.3, 0.4) is 0 Å². The third-order valence-corrected chi connectivity index (χ3v) is 5.23. The molecule has 0 bridgehead atoms. The Hall–Kier alpha value is -2.60. The minimum Gasteiger partial charge on any atom is -0.452 e. The molecule has 1 N–H and O–H groups in total. The fourth-order valence-corrected chi connectivity index (χ4v) is 3.62. The van der Waals surface area contributed by atoms with Crippen LogP contribution in [0.15, 0.2) is 47.9 Å². The van der Waals surface area contributed by atoms with E-state index in [-0.39, 0.29) is 12.5 Å². The number of ether oxygens (including phenoxy) is 1. The zero-order chi connectivity index (χ0) is 18.9. The summed E-state index contributed by atoms with van der Waals surface area (Å²) in [5, 5.41) is 4.68. The highest BCUT2D eigenvalue weighted by Crippen LogP contribution is 2.21. The molecule has 0 unspecified atom stereocenters. The Labute approximate surface area is 163 Å². The SMILES string of the molecule is O=C(COC(=O)/C=C/c1cccs1)Nc1ccc(N2CCCCCC2)cc1. The number of esters is 1. The Morgan fingerprint density at radius 1 is 1.07 bits per heavy atom. The number of nitrogens with zero attached hydrogens (tertiary/aromatic N) is 1. The first-order chi connectivity index (χ1) is 13.2. The second-order valence-corrected chi connectivity index (χ2v) is 7.43. The van der Waals surface area contributed by atoms with Gasteiger partial charge in [-0.1, -0.05) is 18.9 Å². The molecule has 5 nitrogen and oxygen atoms in total. The minimum absolute atomic E-state index is 0.304. The van der Waals surface area contributed by atoms with Gasteiger partial charge in [0.25, 0.3) is 5.91 Å². The van der Waals surface area contributed by atoms with Crippen molar-refractivity contribution in [3.63, 3.8) is 0 Å². The Kier molecular flexibility index (Phi) is 7.04. The number of hydrogen-bond donors (Lipinski definition) is 1. The van der Waals surface area contributed by atoms with Crippen LogP contribution in [0, 0.1) is 0 Å². The van der Waals surface area contributed by atoms with Crippen molar-refractivity contribution in [2.24, 2.45) is 0 Å². The van der Waals surface area contributed by atoms with Crippen LogP contribution < -0.4 is 10.2 Å².